The minimum Gasteiger partial charge on any atom is -0.380 e. The van der Waals surface area contributed by atoms with E-state index in [-0.39, 0.29) is 5.54 Å². The van der Waals surface area contributed by atoms with Gasteiger partial charge in [0.25, 0.3) is 0 Å². The Balaban J connectivity index is 2.05. The smallest absolute Gasteiger partial charge is 0.177 e. The third kappa shape index (κ3) is 2.49. The summed E-state index contributed by atoms with van der Waals surface area (Å²) in [5.41, 5.74) is 2.36. The monoisotopic (exact) mass is 302 g/mol. The van der Waals surface area contributed by atoms with Gasteiger partial charge in [-0.15, -0.1) is 0 Å². The largest absolute Gasteiger partial charge is 0.380 e. The highest BCUT2D eigenvalue weighted by molar-refractivity contribution is 7.90. The van der Waals surface area contributed by atoms with Crippen molar-refractivity contribution in [3.8, 4) is 0 Å². The van der Waals surface area contributed by atoms with Gasteiger partial charge in [-0.1, -0.05) is 36.4 Å². The van der Waals surface area contributed by atoms with E-state index in [2.05, 4.69) is 29.7 Å². The predicted molar refractivity (Wildman–Crippen MR) is 85.5 cm³/mol. The maximum atomic E-state index is 11.9. The Morgan fingerprint density at radius 1 is 1.05 bits per heavy atom. The Kier molecular flexibility index (Phi) is 3.17. The number of benzene rings is 2. The summed E-state index contributed by atoms with van der Waals surface area (Å²) in [7, 11) is -3.25. The van der Waals surface area contributed by atoms with E-state index in [1.807, 2.05) is 24.3 Å². The van der Waals surface area contributed by atoms with E-state index in [4.69, 9.17) is 0 Å². The van der Waals surface area contributed by atoms with Gasteiger partial charge in [0.2, 0.25) is 0 Å². The van der Waals surface area contributed by atoms with Crippen molar-refractivity contribution in [2.45, 2.75) is 17.4 Å². The summed E-state index contributed by atoms with van der Waals surface area (Å²) in [6.07, 6.45) is 1.23. The predicted octanol–water partition coefficient (Wildman–Crippen LogP) is 2.84. The molecule has 0 saturated heterocycles. The lowest BCUT2D eigenvalue weighted by atomic mass is 9.89. The molecule has 0 aromatic heterocycles. The van der Waals surface area contributed by atoms with Crippen molar-refractivity contribution in [3.63, 3.8) is 0 Å². The summed E-state index contributed by atoms with van der Waals surface area (Å²) in [5.74, 6) is 0. The lowest BCUT2D eigenvalue weighted by Crippen LogP contribution is -2.42. The van der Waals surface area contributed by atoms with Crippen LogP contribution in [0.4, 0.5) is 11.4 Å². The first-order valence-corrected chi connectivity index (χ1v) is 8.70. The van der Waals surface area contributed by atoms with E-state index in [9.17, 15) is 8.42 Å². The van der Waals surface area contributed by atoms with Gasteiger partial charge in [-0.2, -0.15) is 0 Å². The van der Waals surface area contributed by atoms with Crippen LogP contribution in [0.15, 0.2) is 53.4 Å². The van der Waals surface area contributed by atoms with Gasteiger partial charge in [0.15, 0.2) is 9.84 Å². The fourth-order valence-electron chi connectivity index (χ4n) is 2.71. The number of rotatable bonds is 2. The summed E-state index contributed by atoms with van der Waals surface area (Å²) in [6, 6.07) is 15.4. The molecule has 0 amide bonds. The Labute approximate surface area is 125 Å². The Hall–Kier alpha value is -2.01. The lowest BCUT2D eigenvalue weighted by molar-refractivity contribution is 0.562. The average molecular weight is 302 g/mol. The van der Waals surface area contributed by atoms with Gasteiger partial charge in [-0.3, -0.25) is 0 Å². The van der Waals surface area contributed by atoms with E-state index in [0.717, 1.165) is 11.3 Å². The molecule has 2 aromatic rings. The minimum absolute atomic E-state index is 0.273. The van der Waals surface area contributed by atoms with Crippen LogP contribution >= 0.6 is 0 Å². The summed E-state index contributed by atoms with van der Waals surface area (Å²) in [6.45, 7) is 2.72. The van der Waals surface area contributed by atoms with Crippen molar-refractivity contribution >= 4 is 21.2 Å². The highest BCUT2D eigenvalue weighted by Crippen LogP contribution is 2.38. The van der Waals surface area contributed by atoms with Gasteiger partial charge < -0.3 is 10.6 Å². The Morgan fingerprint density at radius 2 is 1.76 bits per heavy atom. The van der Waals surface area contributed by atoms with Crippen molar-refractivity contribution in [1.29, 1.82) is 0 Å². The van der Waals surface area contributed by atoms with Crippen LogP contribution in [0.5, 0.6) is 0 Å². The summed E-state index contributed by atoms with van der Waals surface area (Å²) in [4.78, 5) is 0.336. The molecule has 4 nitrogen and oxygen atoms in total. The maximum Gasteiger partial charge on any atom is 0.177 e. The van der Waals surface area contributed by atoms with Crippen LogP contribution in [0.3, 0.4) is 0 Å². The summed E-state index contributed by atoms with van der Waals surface area (Å²) < 4.78 is 23.7. The standard InChI is InChI=1S/C16H18N2O2S/c1-16(12-7-4-3-5-8-12)11-17-15-13(18-16)9-6-10-14(15)21(2,19)20/h3-10,17-18H,11H2,1-2H3. The maximum absolute atomic E-state index is 11.9. The average Bonchev–Trinajstić information content (AvgIpc) is 2.46. The van der Waals surface area contributed by atoms with Crippen molar-refractivity contribution in [2.24, 2.45) is 0 Å². The molecule has 0 fully saturated rings. The van der Waals surface area contributed by atoms with E-state index in [0.29, 0.717) is 17.1 Å². The molecule has 1 aliphatic rings. The van der Waals surface area contributed by atoms with Gasteiger partial charge >= 0.3 is 0 Å². The normalized spacial score (nSPS) is 21.0. The molecule has 110 valence electrons. The molecule has 0 saturated carbocycles. The van der Waals surface area contributed by atoms with Crippen molar-refractivity contribution in [1.82, 2.24) is 0 Å². The summed E-state index contributed by atoms with van der Waals surface area (Å²) >= 11 is 0. The second-order valence-electron chi connectivity index (χ2n) is 5.63. The molecule has 5 heteroatoms. The molecule has 3 rings (SSSR count). The fraction of sp³-hybridized carbons (Fsp3) is 0.250. The van der Waals surface area contributed by atoms with Crippen LogP contribution in [0.2, 0.25) is 0 Å². The molecule has 0 aliphatic carbocycles. The van der Waals surface area contributed by atoms with Crippen LogP contribution in [0.1, 0.15) is 12.5 Å². The van der Waals surface area contributed by atoms with Gasteiger partial charge in [0, 0.05) is 12.8 Å². The number of hydrogen-bond acceptors (Lipinski definition) is 4. The van der Waals surface area contributed by atoms with Crippen molar-refractivity contribution in [3.05, 3.63) is 54.1 Å². The molecule has 2 N–H and O–H groups in total. The molecule has 0 bridgehead atoms. The highest BCUT2D eigenvalue weighted by Gasteiger charge is 2.32. The van der Waals surface area contributed by atoms with Crippen LogP contribution in [-0.4, -0.2) is 21.2 Å². The van der Waals surface area contributed by atoms with Crippen LogP contribution in [0.25, 0.3) is 0 Å². The third-order valence-electron chi connectivity index (χ3n) is 3.87. The second-order valence-corrected chi connectivity index (χ2v) is 7.61. The second kappa shape index (κ2) is 4.77. The zero-order chi connectivity index (χ0) is 15.1. The Bertz CT molecular complexity index is 772. The molecule has 0 radical (unpaired) electrons. The molecule has 0 spiro atoms. The van der Waals surface area contributed by atoms with E-state index in [1.165, 1.54) is 6.26 Å². The van der Waals surface area contributed by atoms with Gasteiger partial charge in [-0.05, 0) is 24.6 Å². The van der Waals surface area contributed by atoms with Gasteiger partial charge in [-0.25, -0.2) is 8.42 Å². The first-order valence-electron chi connectivity index (χ1n) is 6.81. The van der Waals surface area contributed by atoms with E-state index >= 15 is 0 Å². The summed E-state index contributed by atoms with van der Waals surface area (Å²) in [5, 5.41) is 6.76. The number of sulfone groups is 1. The molecular weight excluding hydrogens is 284 g/mol. The number of fused-ring (bicyclic) bond motifs is 1. The number of para-hydroxylation sites is 1. The highest BCUT2D eigenvalue weighted by atomic mass is 32.2. The first kappa shape index (κ1) is 13.9. The Morgan fingerprint density at radius 3 is 2.43 bits per heavy atom. The van der Waals surface area contributed by atoms with Crippen molar-refractivity contribution in [2.75, 3.05) is 23.4 Å². The zero-order valence-corrected chi connectivity index (χ0v) is 12.9. The number of nitrogens with one attached hydrogen (secondary N) is 2. The topological polar surface area (TPSA) is 58.2 Å². The fourth-order valence-corrected chi connectivity index (χ4v) is 3.59. The molecule has 1 atom stereocenters. The molecule has 1 heterocycles. The van der Waals surface area contributed by atoms with E-state index < -0.39 is 9.84 Å². The van der Waals surface area contributed by atoms with Gasteiger partial charge in [0.05, 0.1) is 21.8 Å². The first-order chi connectivity index (χ1) is 9.90. The van der Waals surface area contributed by atoms with Crippen LogP contribution in [0, 0.1) is 0 Å². The SMILES string of the molecule is CC1(c2ccccc2)CNc2c(cccc2S(C)(=O)=O)N1. The molecule has 2 aromatic carbocycles. The van der Waals surface area contributed by atoms with Crippen LogP contribution in [-0.2, 0) is 15.4 Å². The van der Waals surface area contributed by atoms with Crippen molar-refractivity contribution < 1.29 is 8.42 Å². The lowest BCUT2D eigenvalue weighted by Gasteiger charge is -2.38. The van der Waals surface area contributed by atoms with Crippen LogP contribution < -0.4 is 10.6 Å². The third-order valence-corrected chi connectivity index (χ3v) is 5.01. The quantitative estimate of drug-likeness (QED) is 0.895. The number of hydrogen-bond donors (Lipinski definition) is 2. The minimum atomic E-state index is -3.25. The molecule has 21 heavy (non-hydrogen) atoms. The van der Waals surface area contributed by atoms with E-state index in [1.54, 1.807) is 12.1 Å². The molecular formula is C16H18N2O2S. The molecule has 1 unspecified atom stereocenters. The molecule has 1 aliphatic heterocycles. The number of anilines is 2. The zero-order valence-electron chi connectivity index (χ0n) is 12.1. The van der Waals surface area contributed by atoms with Gasteiger partial charge in [0.1, 0.15) is 0 Å².